The first kappa shape index (κ1) is 11.9. The van der Waals surface area contributed by atoms with Gasteiger partial charge < -0.3 is 15.2 Å². The minimum atomic E-state index is -0.0366. The van der Waals surface area contributed by atoms with Crippen LogP contribution in [0, 0.1) is 0 Å². The molecular formula is C10H22N2O2. The molecule has 0 aromatic rings. The van der Waals surface area contributed by atoms with E-state index in [9.17, 15) is 0 Å². The molecule has 0 amide bonds. The Morgan fingerprint density at radius 3 is 2.79 bits per heavy atom. The maximum Gasteiger partial charge on any atom is 0.0820 e. The molecule has 1 aliphatic heterocycles. The van der Waals surface area contributed by atoms with E-state index in [4.69, 9.17) is 15.2 Å². The summed E-state index contributed by atoms with van der Waals surface area (Å²) in [5.74, 6) is 0. The lowest BCUT2D eigenvalue weighted by Crippen LogP contribution is -2.51. The first-order valence-electron chi connectivity index (χ1n) is 5.16. The van der Waals surface area contributed by atoms with Gasteiger partial charge in [-0.1, -0.05) is 0 Å². The highest BCUT2D eigenvalue weighted by molar-refractivity contribution is 4.80. The molecule has 1 rings (SSSR count). The third kappa shape index (κ3) is 3.53. The van der Waals surface area contributed by atoms with Gasteiger partial charge in [-0.3, -0.25) is 4.90 Å². The van der Waals surface area contributed by atoms with Gasteiger partial charge in [0.05, 0.1) is 18.3 Å². The maximum atomic E-state index is 5.63. The molecular weight excluding hydrogens is 180 g/mol. The lowest BCUT2D eigenvalue weighted by Gasteiger charge is -2.39. The second kappa shape index (κ2) is 5.07. The van der Waals surface area contributed by atoms with Gasteiger partial charge in [-0.2, -0.15) is 0 Å². The fraction of sp³-hybridized carbons (Fsp3) is 1.00. The molecule has 1 atom stereocenters. The van der Waals surface area contributed by atoms with Crippen LogP contribution in [0.4, 0.5) is 0 Å². The van der Waals surface area contributed by atoms with Gasteiger partial charge in [-0.25, -0.2) is 0 Å². The van der Waals surface area contributed by atoms with E-state index in [0.29, 0.717) is 6.54 Å². The second-order valence-corrected chi connectivity index (χ2v) is 4.44. The fourth-order valence-corrected chi connectivity index (χ4v) is 1.80. The molecule has 0 saturated carbocycles. The van der Waals surface area contributed by atoms with Crippen molar-refractivity contribution in [2.75, 3.05) is 39.9 Å². The van der Waals surface area contributed by atoms with Crippen molar-refractivity contribution in [3.63, 3.8) is 0 Å². The van der Waals surface area contributed by atoms with Crippen LogP contribution >= 0.6 is 0 Å². The third-order valence-corrected chi connectivity index (χ3v) is 2.56. The first-order valence-corrected chi connectivity index (χ1v) is 5.16. The first-order chi connectivity index (χ1) is 6.57. The van der Waals surface area contributed by atoms with Gasteiger partial charge in [-0.15, -0.1) is 0 Å². The van der Waals surface area contributed by atoms with E-state index in [1.165, 1.54) is 0 Å². The molecule has 1 unspecified atom stereocenters. The van der Waals surface area contributed by atoms with Crippen molar-refractivity contribution in [1.82, 2.24) is 4.90 Å². The predicted octanol–water partition coefficient (Wildman–Crippen LogP) is 0.0709. The Hall–Kier alpha value is -0.160. The normalized spacial score (nSPS) is 24.9. The highest BCUT2D eigenvalue weighted by Gasteiger charge is 2.28. The van der Waals surface area contributed by atoms with Gasteiger partial charge in [-0.05, 0) is 13.8 Å². The zero-order valence-corrected chi connectivity index (χ0v) is 9.45. The zero-order valence-electron chi connectivity index (χ0n) is 9.45. The molecule has 1 fully saturated rings. The average molecular weight is 202 g/mol. The van der Waals surface area contributed by atoms with E-state index >= 15 is 0 Å². The number of ether oxygens (including phenoxy) is 2. The number of rotatable bonds is 4. The molecule has 0 radical (unpaired) electrons. The standard InChI is InChI=1S/C10H22N2O2/c1-10(2)8-12(4-5-14-10)7-9(6-11)13-3/h9H,4-8,11H2,1-3H3. The summed E-state index contributed by atoms with van der Waals surface area (Å²) in [6.07, 6.45) is 0.142. The minimum absolute atomic E-state index is 0.0366. The summed E-state index contributed by atoms with van der Waals surface area (Å²) >= 11 is 0. The Kier molecular flexibility index (Phi) is 4.31. The summed E-state index contributed by atoms with van der Waals surface area (Å²) in [6, 6.07) is 0. The molecule has 14 heavy (non-hydrogen) atoms. The van der Waals surface area contributed by atoms with Crippen molar-refractivity contribution in [2.45, 2.75) is 25.6 Å². The summed E-state index contributed by atoms with van der Waals surface area (Å²) in [6.45, 7) is 8.44. The molecule has 0 spiro atoms. The molecule has 4 nitrogen and oxygen atoms in total. The Labute approximate surface area is 86.3 Å². The van der Waals surface area contributed by atoms with Crippen molar-refractivity contribution < 1.29 is 9.47 Å². The Bertz CT molecular complexity index is 170. The van der Waals surface area contributed by atoms with Crippen molar-refractivity contribution in [3.05, 3.63) is 0 Å². The van der Waals surface area contributed by atoms with Gasteiger partial charge in [0.1, 0.15) is 0 Å². The number of nitrogens with zero attached hydrogens (tertiary/aromatic N) is 1. The molecule has 0 bridgehead atoms. The van der Waals surface area contributed by atoms with Crippen LogP contribution in [0.1, 0.15) is 13.8 Å². The van der Waals surface area contributed by atoms with Crippen molar-refractivity contribution in [1.29, 1.82) is 0 Å². The van der Waals surface area contributed by atoms with Crippen molar-refractivity contribution in [3.8, 4) is 0 Å². The van der Waals surface area contributed by atoms with E-state index in [-0.39, 0.29) is 11.7 Å². The summed E-state index contributed by atoms with van der Waals surface area (Å²) in [7, 11) is 1.71. The molecule has 0 aliphatic carbocycles. The van der Waals surface area contributed by atoms with Crippen LogP contribution in [0.3, 0.4) is 0 Å². The monoisotopic (exact) mass is 202 g/mol. The molecule has 4 heteroatoms. The summed E-state index contributed by atoms with van der Waals surface area (Å²) in [4.78, 5) is 2.35. The zero-order chi connectivity index (χ0) is 10.6. The smallest absolute Gasteiger partial charge is 0.0820 e. The lowest BCUT2D eigenvalue weighted by molar-refractivity contribution is -0.0945. The van der Waals surface area contributed by atoms with Gasteiger partial charge in [0.15, 0.2) is 0 Å². The summed E-state index contributed by atoms with van der Waals surface area (Å²) in [5, 5.41) is 0. The van der Waals surface area contributed by atoms with Gasteiger partial charge in [0.2, 0.25) is 0 Å². The Balaban J connectivity index is 2.37. The van der Waals surface area contributed by atoms with E-state index in [2.05, 4.69) is 18.7 Å². The Morgan fingerprint density at radius 1 is 1.57 bits per heavy atom. The number of morpholine rings is 1. The largest absolute Gasteiger partial charge is 0.379 e. The van der Waals surface area contributed by atoms with E-state index < -0.39 is 0 Å². The van der Waals surface area contributed by atoms with Crippen LogP contribution in [-0.4, -0.2) is 56.5 Å². The van der Waals surface area contributed by atoms with E-state index in [0.717, 1.165) is 26.2 Å². The second-order valence-electron chi connectivity index (χ2n) is 4.44. The summed E-state index contributed by atoms with van der Waals surface area (Å²) in [5.41, 5.74) is 5.55. The topological polar surface area (TPSA) is 47.7 Å². The van der Waals surface area contributed by atoms with E-state index in [1.54, 1.807) is 7.11 Å². The SMILES string of the molecule is COC(CN)CN1CCOC(C)(C)C1. The van der Waals surface area contributed by atoms with Gasteiger partial charge in [0.25, 0.3) is 0 Å². The molecule has 0 aromatic carbocycles. The predicted molar refractivity (Wildman–Crippen MR) is 56.3 cm³/mol. The highest BCUT2D eigenvalue weighted by atomic mass is 16.5. The van der Waals surface area contributed by atoms with Crippen LogP contribution < -0.4 is 5.73 Å². The lowest BCUT2D eigenvalue weighted by atomic mass is 10.1. The summed E-state index contributed by atoms with van der Waals surface area (Å²) < 4.78 is 10.9. The average Bonchev–Trinajstić information content (AvgIpc) is 2.12. The molecule has 2 N–H and O–H groups in total. The van der Waals surface area contributed by atoms with E-state index in [1.807, 2.05) is 0 Å². The number of hydrogen-bond donors (Lipinski definition) is 1. The van der Waals surface area contributed by atoms with Crippen molar-refractivity contribution >= 4 is 0 Å². The number of hydrogen-bond acceptors (Lipinski definition) is 4. The van der Waals surface area contributed by atoms with Crippen LogP contribution in [0.25, 0.3) is 0 Å². The van der Waals surface area contributed by atoms with Crippen LogP contribution in [-0.2, 0) is 9.47 Å². The minimum Gasteiger partial charge on any atom is -0.379 e. The molecule has 1 heterocycles. The molecule has 84 valence electrons. The molecule has 1 aliphatic rings. The number of methoxy groups -OCH3 is 1. The molecule has 1 saturated heterocycles. The van der Waals surface area contributed by atoms with Crippen LogP contribution in [0.5, 0.6) is 0 Å². The number of nitrogens with two attached hydrogens (primary N) is 1. The molecule has 0 aromatic heterocycles. The van der Waals surface area contributed by atoms with Gasteiger partial charge in [0, 0.05) is 33.3 Å². The fourth-order valence-electron chi connectivity index (χ4n) is 1.80. The highest BCUT2D eigenvalue weighted by Crippen LogP contribution is 2.16. The van der Waals surface area contributed by atoms with Crippen LogP contribution in [0.2, 0.25) is 0 Å². The van der Waals surface area contributed by atoms with Crippen LogP contribution in [0.15, 0.2) is 0 Å². The third-order valence-electron chi connectivity index (χ3n) is 2.56. The Morgan fingerprint density at radius 2 is 2.29 bits per heavy atom. The van der Waals surface area contributed by atoms with Crippen molar-refractivity contribution in [2.24, 2.45) is 5.73 Å². The quantitative estimate of drug-likeness (QED) is 0.701. The van der Waals surface area contributed by atoms with Gasteiger partial charge >= 0.3 is 0 Å². The maximum absolute atomic E-state index is 5.63.